The van der Waals surface area contributed by atoms with Gasteiger partial charge in [-0.1, -0.05) is 18.9 Å². The summed E-state index contributed by atoms with van der Waals surface area (Å²) in [4.78, 5) is 23.1. The average molecular weight is 283 g/mol. The minimum Gasteiger partial charge on any atom is -0.481 e. The van der Waals surface area contributed by atoms with Crippen molar-refractivity contribution < 1.29 is 23.5 Å². The third kappa shape index (κ3) is 2.64. The van der Waals surface area contributed by atoms with E-state index in [1.54, 1.807) is 0 Å². The molecule has 0 aliphatic heterocycles. The van der Waals surface area contributed by atoms with Crippen LogP contribution in [0.4, 0.5) is 8.78 Å². The Balaban J connectivity index is 2.08. The summed E-state index contributed by atoms with van der Waals surface area (Å²) in [6.45, 7) is -0.0723. The molecule has 0 unspecified atom stereocenters. The second-order valence-corrected chi connectivity index (χ2v) is 5.08. The topological polar surface area (TPSA) is 66.4 Å². The van der Waals surface area contributed by atoms with Gasteiger partial charge in [0.1, 0.15) is 0 Å². The molecule has 1 aromatic rings. The molecular weight excluding hydrogens is 268 g/mol. The Hall–Kier alpha value is -1.98. The van der Waals surface area contributed by atoms with E-state index in [0.717, 1.165) is 25.0 Å². The van der Waals surface area contributed by atoms with Crippen molar-refractivity contribution in [1.29, 1.82) is 0 Å². The highest BCUT2D eigenvalue weighted by Gasteiger charge is 2.41. The van der Waals surface area contributed by atoms with Gasteiger partial charge in [-0.15, -0.1) is 0 Å². The van der Waals surface area contributed by atoms with E-state index in [9.17, 15) is 23.5 Å². The second-order valence-electron chi connectivity index (χ2n) is 5.08. The van der Waals surface area contributed by atoms with Gasteiger partial charge in [-0.3, -0.25) is 9.59 Å². The van der Waals surface area contributed by atoms with Gasteiger partial charge < -0.3 is 10.4 Å². The number of nitrogens with one attached hydrogen (secondary N) is 1. The van der Waals surface area contributed by atoms with Crippen molar-refractivity contribution in [1.82, 2.24) is 5.32 Å². The van der Waals surface area contributed by atoms with Crippen molar-refractivity contribution in [2.45, 2.75) is 25.7 Å². The van der Waals surface area contributed by atoms with E-state index in [4.69, 9.17) is 0 Å². The molecule has 0 atom stereocenters. The Kier molecular flexibility index (Phi) is 4.01. The number of rotatable bonds is 4. The molecule has 1 aromatic carbocycles. The summed E-state index contributed by atoms with van der Waals surface area (Å²) in [5.74, 6) is -4.09. The van der Waals surface area contributed by atoms with Crippen LogP contribution in [0.25, 0.3) is 0 Å². The van der Waals surface area contributed by atoms with Gasteiger partial charge in [-0.25, -0.2) is 8.78 Å². The molecule has 1 aliphatic carbocycles. The van der Waals surface area contributed by atoms with Crippen molar-refractivity contribution in [3.63, 3.8) is 0 Å². The zero-order chi connectivity index (χ0) is 14.8. The Morgan fingerprint density at radius 1 is 1.25 bits per heavy atom. The maximum absolute atomic E-state index is 13.5. The quantitative estimate of drug-likeness (QED) is 0.891. The summed E-state index contributed by atoms with van der Waals surface area (Å²) in [5.41, 5.74) is -1.40. The first-order valence-electron chi connectivity index (χ1n) is 6.42. The molecule has 4 nitrogen and oxygen atoms in total. The summed E-state index contributed by atoms with van der Waals surface area (Å²) in [5, 5.41) is 11.7. The Morgan fingerprint density at radius 2 is 1.90 bits per heavy atom. The van der Waals surface area contributed by atoms with Crippen molar-refractivity contribution in [2.24, 2.45) is 5.41 Å². The lowest BCUT2D eigenvalue weighted by molar-refractivity contribution is -0.148. The minimum absolute atomic E-state index is 0.0723. The number of benzene rings is 1. The number of hydrogen-bond acceptors (Lipinski definition) is 2. The number of carbonyl (C=O) groups is 2. The first-order chi connectivity index (χ1) is 9.46. The molecule has 2 N–H and O–H groups in total. The summed E-state index contributed by atoms with van der Waals surface area (Å²) >= 11 is 0. The molecule has 0 aromatic heterocycles. The number of carboxylic acid groups (broad SMARTS) is 1. The van der Waals surface area contributed by atoms with Gasteiger partial charge in [0.15, 0.2) is 11.6 Å². The fraction of sp³-hybridized carbons (Fsp3) is 0.429. The van der Waals surface area contributed by atoms with Crippen LogP contribution in [0.1, 0.15) is 36.0 Å². The molecular formula is C14H15F2NO3. The van der Waals surface area contributed by atoms with Gasteiger partial charge >= 0.3 is 5.97 Å². The van der Waals surface area contributed by atoms with E-state index in [1.165, 1.54) is 6.07 Å². The molecule has 0 radical (unpaired) electrons. The van der Waals surface area contributed by atoms with Crippen LogP contribution in [0, 0.1) is 17.0 Å². The molecule has 20 heavy (non-hydrogen) atoms. The van der Waals surface area contributed by atoms with Crippen LogP contribution in [-0.4, -0.2) is 23.5 Å². The normalized spacial score (nSPS) is 16.9. The summed E-state index contributed by atoms with van der Waals surface area (Å²) < 4.78 is 26.5. The van der Waals surface area contributed by atoms with Gasteiger partial charge in [0, 0.05) is 6.54 Å². The highest BCUT2D eigenvalue weighted by molar-refractivity contribution is 5.94. The number of carbonyl (C=O) groups excluding carboxylic acids is 1. The van der Waals surface area contributed by atoms with Crippen LogP contribution < -0.4 is 5.32 Å². The number of halogens is 2. The lowest BCUT2D eigenvalue weighted by atomic mass is 9.86. The molecule has 108 valence electrons. The zero-order valence-electron chi connectivity index (χ0n) is 10.8. The van der Waals surface area contributed by atoms with Crippen molar-refractivity contribution in [3.8, 4) is 0 Å². The molecule has 0 heterocycles. The zero-order valence-corrected chi connectivity index (χ0v) is 10.8. The molecule has 0 bridgehead atoms. The average Bonchev–Trinajstić information content (AvgIpc) is 2.89. The molecule has 0 spiro atoms. The van der Waals surface area contributed by atoms with Crippen LogP contribution in [-0.2, 0) is 4.79 Å². The Bertz CT molecular complexity index is 539. The van der Waals surface area contributed by atoms with Crippen LogP contribution >= 0.6 is 0 Å². The number of amides is 1. The predicted molar refractivity (Wildman–Crippen MR) is 67.2 cm³/mol. The first kappa shape index (κ1) is 14.4. The predicted octanol–water partition coefficient (Wildman–Crippen LogP) is 2.34. The molecule has 1 aliphatic rings. The van der Waals surface area contributed by atoms with Gasteiger partial charge in [-0.05, 0) is 25.0 Å². The van der Waals surface area contributed by atoms with Crippen LogP contribution in [0.2, 0.25) is 0 Å². The molecule has 1 saturated carbocycles. The summed E-state index contributed by atoms with van der Waals surface area (Å²) in [7, 11) is 0. The molecule has 1 amide bonds. The lowest BCUT2D eigenvalue weighted by Crippen LogP contribution is -2.41. The monoisotopic (exact) mass is 283 g/mol. The number of aliphatic carboxylic acids is 1. The highest BCUT2D eigenvalue weighted by Crippen LogP contribution is 2.37. The third-order valence-electron chi connectivity index (χ3n) is 3.80. The standard InChI is InChI=1S/C14H15F2NO3/c15-10-5-3-4-9(11(10)16)12(18)17-8-14(13(19)20)6-1-2-7-14/h3-5H,1-2,6-8H2,(H,17,18)(H,19,20). The molecule has 0 saturated heterocycles. The van der Waals surface area contributed by atoms with Crippen molar-refractivity contribution in [3.05, 3.63) is 35.4 Å². The largest absolute Gasteiger partial charge is 0.481 e. The summed E-state index contributed by atoms with van der Waals surface area (Å²) in [6, 6.07) is 3.31. The van der Waals surface area contributed by atoms with Crippen molar-refractivity contribution >= 4 is 11.9 Å². The van der Waals surface area contributed by atoms with Crippen LogP contribution in [0.15, 0.2) is 18.2 Å². The Labute approximate surface area is 114 Å². The maximum Gasteiger partial charge on any atom is 0.311 e. The van der Waals surface area contributed by atoms with E-state index in [1.807, 2.05) is 0 Å². The molecule has 2 rings (SSSR count). The van der Waals surface area contributed by atoms with Gasteiger partial charge in [0.25, 0.3) is 5.91 Å². The fourth-order valence-electron chi connectivity index (χ4n) is 2.54. The van der Waals surface area contributed by atoms with Gasteiger partial charge in [0.05, 0.1) is 11.0 Å². The van der Waals surface area contributed by atoms with E-state index >= 15 is 0 Å². The highest BCUT2D eigenvalue weighted by atomic mass is 19.2. The molecule has 6 heteroatoms. The molecule has 1 fully saturated rings. The van der Waals surface area contributed by atoms with E-state index in [2.05, 4.69) is 5.32 Å². The van der Waals surface area contributed by atoms with E-state index < -0.39 is 34.5 Å². The van der Waals surface area contributed by atoms with Crippen molar-refractivity contribution in [2.75, 3.05) is 6.54 Å². The van der Waals surface area contributed by atoms with E-state index in [0.29, 0.717) is 12.8 Å². The second kappa shape index (κ2) is 5.56. The van der Waals surface area contributed by atoms with E-state index in [-0.39, 0.29) is 6.54 Å². The fourth-order valence-corrected chi connectivity index (χ4v) is 2.54. The van der Waals surface area contributed by atoms with Crippen LogP contribution in [0.5, 0.6) is 0 Å². The smallest absolute Gasteiger partial charge is 0.311 e. The number of hydrogen-bond donors (Lipinski definition) is 2. The van der Waals surface area contributed by atoms with Gasteiger partial charge in [0.2, 0.25) is 0 Å². The Morgan fingerprint density at radius 3 is 2.50 bits per heavy atom. The first-order valence-corrected chi connectivity index (χ1v) is 6.42. The number of carboxylic acids is 1. The third-order valence-corrected chi connectivity index (χ3v) is 3.80. The SMILES string of the molecule is O=C(NCC1(C(=O)O)CCCC1)c1cccc(F)c1F. The summed E-state index contributed by atoms with van der Waals surface area (Å²) in [6.07, 6.45) is 2.54. The van der Waals surface area contributed by atoms with Crippen LogP contribution in [0.3, 0.4) is 0 Å². The maximum atomic E-state index is 13.5. The lowest BCUT2D eigenvalue weighted by Gasteiger charge is -2.24. The van der Waals surface area contributed by atoms with Gasteiger partial charge in [-0.2, -0.15) is 0 Å². The minimum atomic E-state index is -1.22.